The van der Waals surface area contributed by atoms with Gasteiger partial charge in [0.25, 0.3) is 11.8 Å². The Bertz CT molecular complexity index is 1120. The number of carbonyl (C=O) groups is 2. The third-order valence-corrected chi connectivity index (χ3v) is 6.62. The van der Waals surface area contributed by atoms with Crippen molar-refractivity contribution in [2.45, 2.75) is 4.90 Å². The first-order chi connectivity index (χ1) is 14.2. The molecule has 0 spiro atoms. The number of benzene rings is 2. The Morgan fingerprint density at radius 1 is 0.800 bits per heavy atom. The minimum atomic E-state index is -3.23. The second-order valence-electron chi connectivity index (χ2n) is 7.22. The Kier molecular flexibility index (Phi) is 5.29. The van der Waals surface area contributed by atoms with Gasteiger partial charge in [-0.05, 0) is 48.5 Å². The number of hydrogen-bond donors (Lipinski definition) is 0. The van der Waals surface area contributed by atoms with Crippen LogP contribution in [0.3, 0.4) is 0 Å². The highest BCUT2D eigenvalue weighted by atomic mass is 35.5. The molecule has 0 unspecified atom stereocenters. The summed E-state index contributed by atoms with van der Waals surface area (Å²) in [7, 11) is -3.23. The first kappa shape index (κ1) is 20.4. The molecule has 7 nitrogen and oxygen atoms in total. The third kappa shape index (κ3) is 3.93. The maximum Gasteiger partial charge on any atom is 0.281 e. The molecular weight excluding hydrogens is 426 g/mol. The van der Waals surface area contributed by atoms with Crippen LogP contribution >= 0.6 is 11.6 Å². The van der Waals surface area contributed by atoms with Crippen LogP contribution in [-0.4, -0.2) is 57.6 Å². The number of sulfone groups is 1. The van der Waals surface area contributed by atoms with Crippen LogP contribution in [0.5, 0.6) is 0 Å². The molecule has 0 radical (unpaired) electrons. The van der Waals surface area contributed by atoms with Gasteiger partial charge in [0.05, 0.1) is 10.6 Å². The minimum Gasteiger partial charge on any atom is -0.368 e. The van der Waals surface area contributed by atoms with Gasteiger partial charge in [0, 0.05) is 49.2 Å². The highest BCUT2D eigenvalue weighted by Crippen LogP contribution is 2.27. The molecule has 2 aromatic rings. The van der Waals surface area contributed by atoms with Crippen LogP contribution in [0, 0.1) is 0 Å². The quantitative estimate of drug-likeness (QED) is 0.672. The van der Waals surface area contributed by atoms with Gasteiger partial charge >= 0.3 is 0 Å². The van der Waals surface area contributed by atoms with E-state index in [9.17, 15) is 18.0 Å². The van der Waals surface area contributed by atoms with Crippen molar-refractivity contribution in [2.24, 2.45) is 0 Å². The number of carbonyl (C=O) groups excluding carboxylic acids is 2. The van der Waals surface area contributed by atoms with Crippen molar-refractivity contribution < 1.29 is 18.0 Å². The normalized spacial score (nSPS) is 17.5. The van der Waals surface area contributed by atoms with Gasteiger partial charge in [-0.2, -0.15) is 0 Å². The van der Waals surface area contributed by atoms with E-state index in [2.05, 4.69) is 4.90 Å². The molecule has 0 aliphatic carbocycles. The highest BCUT2D eigenvalue weighted by Gasteiger charge is 2.36. The van der Waals surface area contributed by atoms with Gasteiger partial charge < -0.3 is 9.80 Å². The van der Waals surface area contributed by atoms with Crippen molar-refractivity contribution >= 4 is 44.6 Å². The van der Waals surface area contributed by atoms with Gasteiger partial charge in [0.1, 0.15) is 5.70 Å². The standard InChI is InChI=1S/C21H20ClN3O4S/c1-30(28,29)18-8-6-16(7-9-18)23-10-12-24(13-11-23)19-14-20(26)25(21(19)27)17-4-2-15(22)3-5-17/h2-9,14H,10-13H2,1H3. The summed E-state index contributed by atoms with van der Waals surface area (Å²) in [6, 6.07) is 13.4. The number of anilines is 2. The predicted octanol–water partition coefficient (Wildman–Crippen LogP) is 2.32. The summed E-state index contributed by atoms with van der Waals surface area (Å²) < 4.78 is 23.2. The minimum absolute atomic E-state index is 0.285. The lowest BCUT2D eigenvalue weighted by molar-refractivity contribution is -0.121. The van der Waals surface area contributed by atoms with E-state index in [0.717, 1.165) is 10.6 Å². The first-order valence-corrected chi connectivity index (χ1v) is 11.7. The lowest BCUT2D eigenvalue weighted by atomic mass is 10.2. The number of imide groups is 1. The molecule has 2 amide bonds. The van der Waals surface area contributed by atoms with Gasteiger partial charge in [-0.25, -0.2) is 13.3 Å². The Morgan fingerprint density at radius 3 is 1.90 bits per heavy atom. The van der Waals surface area contributed by atoms with E-state index >= 15 is 0 Å². The fraction of sp³-hybridized carbons (Fsp3) is 0.238. The van der Waals surface area contributed by atoms with Crippen LogP contribution in [0.1, 0.15) is 0 Å². The van der Waals surface area contributed by atoms with E-state index in [0.29, 0.717) is 42.6 Å². The third-order valence-electron chi connectivity index (χ3n) is 5.24. The number of halogens is 1. The molecule has 0 bridgehead atoms. The molecule has 1 saturated heterocycles. The van der Waals surface area contributed by atoms with E-state index in [1.165, 1.54) is 12.3 Å². The van der Waals surface area contributed by atoms with Crippen molar-refractivity contribution in [3.63, 3.8) is 0 Å². The van der Waals surface area contributed by atoms with E-state index in [4.69, 9.17) is 11.6 Å². The summed E-state index contributed by atoms with van der Waals surface area (Å²) in [4.78, 5) is 30.8. The largest absolute Gasteiger partial charge is 0.368 e. The zero-order valence-corrected chi connectivity index (χ0v) is 17.9. The van der Waals surface area contributed by atoms with Gasteiger partial charge in [-0.3, -0.25) is 9.59 Å². The summed E-state index contributed by atoms with van der Waals surface area (Å²) >= 11 is 5.89. The molecule has 2 aromatic carbocycles. The Labute approximate surface area is 180 Å². The number of rotatable bonds is 4. The summed E-state index contributed by atoms with van der Waals surface area (Å²) in [6.45, 7) is 2.45. The van der Waals surface area contributed by atoms with Crippen molar-refractivity contribution in [2.75, 3.05) is 42.2 Å². The van der Waals surface area contributed by atoms with Crippen LogP contribution < -0.4 is 9.80 Å². The van der Waals surface area contributed by atoms with Crippen LogP contribution in [0.4, 0.5) is 11.4 Å². The molecule has 2 aliphatic heterocycles. The van der Waals surface area contributed by atoms with E-state index in [-0.39, 0.29) is 16.7 Å². The zero-order chi connectivity index (χ0) is 21.5. The molecule has 30 heavy (non-hydrogen) atoms. The van der Waals surface area contributed by atoms with Crippen LogP contribution in [-0.2, 0) is 19.4 Å². The highest BCUT2D eigenvalue weighted by molar-refractivity contribution is 7.90. The molecule has 0 atom stereocenters. The Morgan fingerprint density at radius 2 is 1.33 bits per heavy atom. The molecule has 1 fully saturated rings. The smallest absolute Gasteiger partial charge is 0.281 e. The molecule has 4 rings (SSSR count). The lowest BCUT2D eigenvalue weighted by Crippen LogP contribution is -2.47. The van der Waals surface area contributed by atoms with Crippen molar-refractivity contribution in [3.05, 3.63) is 65.3 Å². The van der Waals surface area contributed by atoms with Crippen molar-refractivity contribution in [1.29, 1.82) is 0 Å². The molecule has 9 heteroatoms. The average Bonchev–Trinajstić information content (AvgIpc) is 3.02. The Hall–Kier alpha value is -2.84. The molecule has 0 N–H and O–H groups in total. The van der Waals surface area contributed by atoms with Crippen LogP contribution in [0.2, 0.25) is 5.02 Å². The number of piperazine rings is 1. The lowest BCUT2D eigenvalue weighted by Gasteiger charge is -2.37. The van der Waals surface area contributed by atoms with Crippen molar-refractivity contribution in [1.82, 2.24) is 4.90 Å². The van der Waals surface area contributed by atoms with Gasteiger partial charge in [0.15, 0.2) is 9.84 Å². The maximum absolute atomic E-state index is 12.9. The molecular formula is C21H20ClN3O4S. The molecule has 0 saturated carbocycles. The van der Waals surface area contributed by atoms with E-state index in [1.807, 2.05) is 4.90 Å². The Balaban J connectivity index is 1.43. The number of amides is 2. The summed E-state index contributed by atoms with van der Waals surface area (Å²) in [6.07, 6.45) is 2.56. The summed E-state index contributed by atoms with van der Waals surface area (Å²) in [5.74, 6) is -0.704. The predicted molar refractivity (Wildman–Crippen MR) is 115 cm³/mol. The van der Waals surface area contributed by atoms with Crippen LogP contribution in [0.15, 0.2) is 65.2 Å². The molecule has 0 aromatic heterocycles. The molecule has 2 heterocycles. The first-order valence-electron chi connectivity index (χ1n) is 9.40. The second kappa shape index (κ2) is 7.77. The van der Waals surface area contributed by atoms with E-state index in [1.54, 1.807) is 48.5 Å². The van der Waals surface area contributed by atoms with Gasteiger partial charge in [-0.1, -0.05) is 11.6 Å². The van der Waals surface area contributed by atoms with Crippen molar-refractivity contribution in [3.8, 4) is 0 Å². The second-order valence-corrected chi connectivity index (χ2v) is 9.68. The van der Waals surface area contributed by atoms with E-state index < -0.39 is 9.84 Å². The fourth-order valence-electron chi connectivity index (χ4n) is 3.63. The SMILES string of the molecule is CS(=O)(=O)c1ccc(N2CCN(C3=CC(=O)N(c4ccc(Cl)cc4)C3=O)CC2)cc1. The number of hydrogen-bond acceptors (Lipinski definition) is 6. The maximum atomic E-state index is 12.9. The topological polar surface area (TPSA) is 78.0 Å². The van der Waals surface area contributed by atoms with Gasteiger partial charge in [0.2, 0.25) is 0 Å². The van der Waals surface area contributed by atoms with Crippen LogP contribution in [0.25, 0.3) is 0 Å². The summed E-state index contributed by atoms with van der Waals surface area (Å²) in [5.41, 5.74) is 1.81. The summed E-state index contributed by atoms with van der Waals surface area (Å²) in [5, 5.41) is 0.534. The van der Waals surface area contributed by atoms with Gasteiger partial charge in [-0.15, -0.1) is 0 Å². The zero-order valence-electron chi connectivity index (χ0n) is 16.3. The average molecular weight is 446 g/mol. The molecule has 2 aliphatic rings. The fourth-order valence-corrected chi connectivity index (χ4v) is 4.39. The molecule has 156 valence electrons. The number of nitrogens with zero attached hydrogens (tertiary/aromatic N) is 3. The monoisotopic (exact) mass is 445 g/mol.